The summed E-state index contributed by atoms with van der Waals surface area (Å²) in [5, 5.41) is 3.38. The van der Waals surface area contributed by atoms with Crippen molar-refractivity contribution in [3.05, 3.63) is 65.2 Å². The van der Waals surface area contributed by atoms with Crippen molar-refractivity contribution in [3.8, 4) is 0 Å². The van der Waals surface area contributed by atoms with Gasteiger partial charge in [-0.2, -0.15) is 0 Å². The Morgan fingerprint density at radius 3 is 2.39 bits per heavy atom. The second-order valence-corrected chi connectivity index (χ2v) is 8.02. The predicted octanol–water partition coefficient (Wildman–Crippen LogP) is 4.42. The van der Waals surface area contributed by atoms with Gasteiger partial charge in [-0.25, -0.2) is 0 Å². The lowest BCUT2D eigenvalue weighted by Gasteiger charge is -2.30. The van der Waals surface area contributed by atoms with Crippen LogP contribution in [0.1, 0.15) is 25.3 Å². The third kappa shape index (κ3) is 6.88. The minimum absolute atomic E-state index is 0.00726. The van der Waals surface area contributed by atoms with E-state index in [-0.39, 0.29) is 11.8 Å². The number of carbonyl (C=O) groups is 2. The molecule has 6 heteroatoms. The third-order valence-corrected chi connectivity index (χ3v) is 5.78. The van der Waals surface area contributed by atoms with Crippen molar-refractivity contribution in [3.63, 3.8) is 0 Å². The van der Waals surface area contributed by atoms with Crippen molar-refractivity contribution in [1.82, 2.24) is 10.2 Å². The first-order valence-corrected chi connectivity index (χ1v) is 10.8. The average Bonchev–Trinajstić information content (AvgIpc) is 2.72. The molecule has 0 fully saturated rings. The number of benzene rings is 2. The molecule has 0 spiro atoms. The van der Waals surface area contributed by atoms with Crippen molar-refractivity contribution in [2.24, 2.45) is 0 Å². The minimum atomic E-state index is -0.443. The van der Waals surface area contributed by atoms with Crippen LogP contribution in [0.2, 0.25) is 5.02 Å². The number of amides is 2. The molecule has 2 aromatic rings. The first-order chi connectivity index (χ1) is 13.5. The van der Waals surface area contributed by atoms with Crippen LogP contribution in [0.5, 0.6) is 0 Å². The molecule has 0 aliphatic rings. The fourth-order valence-electron chi connectivity index (χ4n) is 2.99. The van der Waals surface area contributed by atoms with Crippen LogP contribution in [0.4, 0.5) is 0 Å². The van der Waals surface area contributed by atoms with Crippen LogP contribution in [0.25, 0.3) is 0 Å². The van der Waals surface area contributed by atoms with Crippen molar-refractivity contribution >= 4 is 35.2 Å². The summed E-state index contributed by atoms with van der Waals surface area (Å²) >= 11 is 7.53. The van der Waals surface area contributed by atoms with Crippen LogP contribution >= 0.6 is 23.4 Å². The van der Waals surface area contributed by atoms with E-state index in [4.69, 9.17) is 11.6 Å². The molecular formula is C22H27ClN2O2S. The fraction of sp³-hybridized carbons (Fsp3) is 0.364. The second-order valence-electron chi connectivity index (χ2n) is 6.41. The van der Waals surface area contributed by atoms with Crippen molar-refractivity contribution < 1.29 is 9.59 Å². The topological polar surface area (TPSA) is 49.4 Å². The lowest BCUT2D eigenvalue weighted by molar-refractivity contribution is -0.140. The molecule has 2 amide bonds. The zero-order valence-corrected chi connectivity index (χ0v) is 17.9. The van der Waals surface area contributed by atoms with Gasteiger partial charge in [0.25, 0.3) is 0 Å². The van der Waals surface area contributed by atoms with Gasteiger partial charge in [-0.15, -0.1) is 11.8 Å². The van der Waals surface area contributed by atoms with Crippen molar-refractivity contribution in [1.29, 1.82) is 0 Å². The van der Waals surface area contributed by atoms with E-state index in [1.165, 1.54) is 0 Å². The number of thioether (sulfide) groups is 1. The predicted molar refractivity (Wildman–Crippen MR) is 117 cm³/mol. The normalized spacial score (nSPS) is 11.7. The maximum Gasteiger partial charge on any atom is 0.242 e. The van der Waals surface area contributed by atoms with Crippen LogP contribution in [-0.2, 0) is 16.0 Å². The number of nitrogens with one attached hydrogen (secondary N) is 1. The highest BCUT2D eigenvalue weighted by Gasteiger charge is 2.27. The number of rotatable bonds is 10. The van der Waals surface area contributed by atoms with Gasteiger partial charge >= 0.3 is 0 Å². The van der Waals surface area contributed by atoms with Crippen LogP contribution in [0, 0.1) is 0 Å². The molecular weight excluding hydrogens is 392 g/mol. The Morgan fingerprint density at radius 1 is 1.11 bits per heavy atom. The number of carbonyl (C=O) groups excluding carboxylic acids is 2. The van der Waals surface area contributed by atoms with E-state index in [1.807, 2.05) is 61.5 Å². The first-order valence-electron chi connectivity index (χ1n) is 9.48. The summed E-state index contributed by atoms with van der Waals surface area (Å²) < 4.78 is 0. The Bertz CT molecular complexity index is 753. The highest BCUT2D eigenvalue weighted by Crippen LogP contribution is 2.21. The molecule has 0 aromatic heterocycles. The monoisotopic (exact) mass is 418 g/mol. The molecule has 28 heavy (non-hydrogen) atoms. The molecule has 0 saturated heterocycles. The quantitative estimate of drug-likeness (QED) is 0.581. The highest BCUT2D eigenvalue weighted by molar-refractivity contribution is 7.99. The average molecular weight is 419 g/mol. The first kappa shape index (κ1) is 22.3. The van der Waals surface area contributed by atoms with Gasteiger partial charge < -0.3 is 10.2 Å². The van der Waals surface area contributed by atoms with Gasteiger partial charge in [-0.3, -0.25) is 9.59 Å². The van der Waals surface area contributed by atoms with Crippen LogP contribution in [0.3, 0.4) is 0 Å². The molecule has 1 N–H and O–H groups in total. The van der Waals surface area contributed by atoms with Gasteiger partial charge in [0.05, 0.1) is 0 Å². The number of hydrogen-bond donors (Lipinski definition) is 1. The lowest BCUT2D eigenvalue weighted by atomic mass is 10.1. The Kier molecular flexibility index (Phi) is 9.38. The Labute approximate surface area is 176 Å². The molecule has 0 bridgehead atoms. The second kappa shape index (κ2) is 11.8. The summed E-state index contributed by atoms with van der Waals surface area (Å²) in [7, 11) is 1.61. The highest BCUT2D eigenvalue weighted by atomic mass is 35.5. The molecule has 0 saturated carbocycles. The van der Waals surface area contributed by atoms with Crippen LogP contribution < -0.4 is 5.32 Å². The summed E-state index contributed by atoms with van der Waals surface area (Å²) in [5.41, 5.74) is 1.16. The molecule has 0 unspecified atom stereocenters. The zero-order valence-electron chi connectivity index (χ0n) is 16.4. The summed E-state index contributed by atoms with van der Waals surface area (Å²) in [6.45, 7) is 2.46. The van der Waals surface area contributed by atoms with E-state index in [9.17, 15) is 9.59 Å². The summed E-state index contributed by atoms with van der Waals surface area (Å²) in [6, 6.07) is 17.2. The number of likely N-dealkylation sites (N-methyl/N-ethyl adjacent to an activating group) is 1. The molecule has 0 aliphatic heterocycles. The van der Waals surface area contributed by atoms with E-state index in [0.717, 1.165) is 16.9 Å². The molecule has 1 atom stereocenters. The van der Waals surface area contributed by atoms with Crippen LogP contribution in [-0.4, -0.2) is 42.1 Å². The number of halogens is 1. The largest absolute Gasteiger partial charge is 0.357 e. The number of nitrogens with zero attached hydrogens (tertiary/aromatic N) is 1. The van der Waals surface area contributed by atoms with E-state index in [2.05, 4.69) is 5.32 Å². The summed E-state index contributed by atoms with van der Waals surface area (Å²) in [5.74, 6) is 0.550. The zero-order chi connectivity index (χ0) is 20.4. The van der Waals surface area contributed by atoms with Crippen molar-refractivity contribution in [2.75, 3.05) is 19.3 Å². The number of hydrogen-bond acceptors (Lipinski definition) is 3. The molecule has 0 aliphatic carbocycles. The summed E-state index contributed by atoms with van der Waals surface area (Å²) in [6.07, 6.45) is 1.70. The molecule has 4 nitrogen and oxygen atoms in total. The smallest absolute Gasteiger partial charge is 0.242 e. The van der Waals surface area contributed by atoms with Gasteiger partial charge in [0.15, 0.2) is 0 Å². The SMILES string of the molecule is CC[C@H](C(=O)NC)N(CCc1ccccc1)C(=O)CCSc1ccc(Cl)cc1. The fourth-order valence-corrected chi connectivity index (χ4v) is 3.96. The molecule has 2 aromatic carbocycles. The third-order valence-electron chi connectivity index (χ3n) is 4.51. The summed E-state index contributed by atoms with van der Waals surface area (Å²) in [4.78, 5) is 28.1. The molecule has 2 rings (SSSR count). The van der Waals surface area contributed by atoms with Crippen molar-refractivity contribution in [2.45, 2.75) is 37.1 Å². The van der Waals surface area contributed by atoms with Gasteiger partial charge in [0.2, 0.25) is 11.8 Å². The van der Waals surface area contributed by atoms with E-state index < -0.39 is 6.04 Å². The minimum Gasteiger partial charge on any atom is -0.357 e. The Hall–Kier alpha value is -1.98. The van der Waals surface area contributed by atoms with E-state index in [1.54, 1.807) is 23.7 Å². The van der Waals surface area contributed by atoms with Gasteiger partial charge in [0.1, 0.15) is 6.04 Å². The maximum absolute atomic E-state index is 12.9. The Morgan fingerprint density at radius 2 is 1.79 bits per heavy atom. The van der Waals surface area contributed by atoms with Gasteiger partial charge in [-0.1, -0.05) is 48.9 Å². The van der Waals surface area contributed by atoms with E-state index >= 15 is 0 Å². The lowest BCUT2D eigenvalue weighted by Crippen LogP contribution is -2.49. The van der Waals surface area contributed by atoms with Gasteiger partial charge in [-0.05, 0) is 42.7 Å². The maximum atomic E-state index is 12.9. The Balaban J connectivity index is 2.00. The van der Waals surface area contributed by atoms with Crippen LogP contribution in [0.15, 0.2) is 59.5 Å². The molecule has 0 heterocycles. The van der Waals surface area contributed by atoms with Gasteiger partial charge in [0, 0.05) is 35.7 Å². The van der Waals surface area contributed by atoms with E-state index in [0.29, 0.717) is 30.2 Å². The molecule has 0 radical (unpaired) electrons. The standard InChI is InChI=1S/C22H27ClN2O2S/c1-3-20(22(27)24-2)25(15-13-17-7-5-4-6-8-17)21(26)14-16-28-19-11-9-18(23)10-12-19/h4-12,20H,3,13-16H2,1-2H3,(H,24,27)/t20-/m1/s1. The molecule has 150 valence electrons.